The van der Waals surface area contributed by atoms with Gasteiger partial charge in [0.1, 0.15) is 0 Å². The molecule has 0 aliphatic carbocycles. The van der Waals surface area contributed by atoms with Gasteiger partial charge >= 0.3 is 0 Å². The third kappa shape index (κ3) is 3.78. The summed E-state index contributed by atoms with van der Waals surface area (Å²) in [6.45, 7) is 4.86. The first-order valence-electron chi connectivity index (χ1n) is 12.2. The molecule has 6 rings (SSSR count). The fraction of sp³-hybridized carbons (Fsp3) is 0.462. The van der Waals surface area contributed by atoms with Gasteiger partial charge in [-0.25, -0.2) is 0 Å². The summed E-state index contributed by atoms with van der Waals surface area (Å²) >= 11 is 0. The lowest BCUT2D eigenvalue weighted by molar-refractivity contribution is -0.129. The van der Waals surface area contributed by atoms with Gasteiger partial charge in [-0.2, -0.15) is 15.5 Å². The van der Waals surface area contributed by atoms with Crippen LogP contribution in [-0.2, 0) is 36.0 Å². The van der Waals surface area contributed by atoms with Crippen LogP contribution in [0.3, 0.4) is 0 Å². The van der Waals surface area contributed by atoms with Gasteiger partial charge in [-0.3, -0.25) is 14.2 Å². The Balaban J connectivity index is 1.46. The van der Waals surface area contributed by atoms with Gasteiger partial charge in [-0.05, 0) is 36.1 Å². The normalized spacial score (nSPS) is 21.5. The lowest BCUT2D eigenvalue weighted by Crippen LogP contribution is -2.36. The summed E-state index contributed by atoms with van der Waals surface area (Å²) in [4.78, 5) is 16.3. The van der Waals surface area contributed by atoms with Crippen molar-refractivity contribution in [1.82, 2.24) is 24.5 Å². The minimum atomic E-state index is -0.144. The number of nitrogens with zero attached hydrogens (tertiary/aromatic N) is 7. The predicted octanol–water partition coefficient (Wildman–Crippen LogP) is 2.98. The average Bonchev–Trinajstić information content (AvgIpc) is 3.62. The molecule has 0 bridgehead atoms. The molecule has 1 saturated heterocycles. The number of amides is 1. The zero-order chi connectivity index (χ0) is 24.1. The Bertz CT molecular complexity index is 1330. The van der Waals surface area contributed by atoms with Crippen LogP contribution in [0.15, 0.2) is 30.6 Å². The van der Waals surface area contributed by atoms with Crippen molar-refractivity contribution in [2.24, 2.45) is 13.0 Å². The first kappa shape index (κ1) is 21.9. The molecule has 1 amide bonds. The van der Waals surface area contributed by atoms with Crippen molar-refractivity contribution in [3.05, 3.63) is 47.4 Å². The molecule has 1 aromatic carbocycles. The van der Waals surface area contributed by atoms with E-state index in [9.17, 15) is 10.1 Å². The van der Waals surface area contributed by atoms with Crippen LogP contribution in [0.25, 0.3) is 11.1 Å². The van der Waals surface area contributed by atoms with E-state index < -0.39 is 0 Å². The Kier molecular flexibility index (Phi) is 5.33. The SMILES string of the molecule is CC(=O)N1CCc2c(c(N3C[C@@H](C#N)Cc4cc(-c5cnn(C)c5)ccc43)nn2C2CCOC2)C1. The maximum absolute atomic E-state index is 12.2. The maximum atomic E-state index is 12.2. The van der Waals surface area contributed by atoms with Gasteiger partial charge in [0.2, 0.25) is 5.91 Å². The number of aromatic nitrogens is 4. The van der Waals surface area contributed by atoms with Crippen LogP contribution in [0.2, 0.25) is 0 Å². The lowest BCUT2D eigenvalue weighted by atomic mass is 9.91. The summed E-state index contributed by atoms with van der Waals surface area (Å²) in [6.07, 6.45) is 6.29. The highest BCUT2D eigenvalue weighted by Gasteiger charge is 2.35. The number of hydrogen-bond donors (Lipinski definition) is 0. The Morgan fingerprint density at radius 1 is 1.29 bits per heavy atom. The monoisotopic (exact) mass is 471 g/mol. The highest BCUT2D eigenvalue weighted by molar-refractivity contribution is 5.76. The molecule has 0 spiro atoms. The molecule has 35 heavy (non-hydrogen) atoms. The van der Waals surface area contributed by atoms with E-state index in [4.69, 9.17) is 9.84 Å². The molecule has 3 aliphatic heterocycles. The second-order valence-electron chi connectivity index (χ2n) is 9.79. The van der Waals surface area contributed by atoms with Gasteiger partial charge in [0, 0.05) is 68.8 Å². The van der Waals surface area contributed by atoms with Crippen LogP contribution < -0.4 is 4.90 Å². The molecule has 9 nitrogen and oxygen atoms in total. The van der Waals surface area contributed by atoms with Crippen molar-refractivity contribution in [2.45, 2.75) is 38.8 Å². The number of nitriles is 1. The number of fused-ring (bicyclic) bond motifs is 2. The van der Waals surface area contributed by atoms with Crippen LogP contribution in [0.4, 0.5) is 11.5 Å². The Morgan fingerprint density at radius 2 is 2.17 bits per heavy atom. The van der Waals surface area contributed by atoms with Crippen molar-refractivity contribution in [3.63, 3.8) is 0 Å². The fourth-order valence-electron chi connectivity index (χ4n) is 5.63. The van der Waals surface area contributed by atoms with Crippen molar-refractivity contribution < 1.29 is 9.53 Å². The molecule has 5 heterocycles. The minimum absolute atomic E-state index is 0.0774. The van der Waals surface area contributed by atoms with E-state index in [0.717, 1.165) is 53.2 Å². The molecule has 0 N–H and O–H groups in total. The summed E-state index contributed by atoms with van der Waals surface area (Å²) in [5.74, 6) is 0.802. The molecular weight excluding hydrogens is 442 g/mol. The molecule has 1 unspecified atom stereocenters. The number of rotatable bonds is 3. The highest BCUT2D eigenvalue weighted by Crippen LogP contribution is 2.41. The Hall–Kier alpha value is -3.64. The first-order chi connectivity index (χ1) is 17.0. The van der Waals surface area contributed by atoms with Crippen LogP contribution in [0.5, 0.6) is 0 Å². The molecule has 0 saturated carbocycles. The molecule has 0 radical (unpaired) electrons. The summed E-state index contributed by atoms with van der Waals surface area (Å²) in [7, 11) is 1.91. The molecular formula is C26H29N7O2. The smallest absolute Gasteiger partial charge is 0.219 e. The molecule has 1 fully saturated rings. The predicted molar refractivity (Wildman–Crippen MR) is 130 cm³/mol. The Labute approximate surface area is 204 Å². The van der Waals surface area contributed by atoms with Crippen molar-refractivity contribution in [1.29, 1.82) is 5.26 Å². The largest absolute Gasteiger partial charge is 0.379 e. The molecule has 9 heteroatoms. The fourth-order valence-corrected chi connectivity index (χ4v) is 5.63. The number of ether oxygens (including phenoxy) is 1. The van der Waals surface area contributed by atoms with Crippen LogP contribution in [0.1, 0.15) is 36.2 Å². The van der Waals surface area contributed by atoms with Gasteiger partial charge in [0.05, 0.1) is 37.4 Å². The molecule has 3 aliphatic rings. The summed E-state index contributed by atoms with van der Waals surface area (Å²) in [5, 5.41) is 19.4. The topological polar surface area (TPSA) is 92.2 Å². The Morgan fingerprint density at radius 3 is 2.89 bits per heavy atom. The van der Waals surface area contributed by atoms with Crippen molar-refractivity contribution in [2.75, 3.05) is 31.2 Å². The standard InChI is InChI=1S/C26H29N7O2/c1-17(34)31-7-5-25-23(15-31)26(29-33(25)22-6-8-35-16-22)32-13-18(11-27)9-20-10-19(3-4-24(20)32)21-12-28-30(2)14-21/h3-4,10,12,14,18,22H,5-9,13,15-16H2,1-2H3/t18-,22?/m1/s1. The third-order valence-electron chi connectivity index (χ3n) is 7.48. The van der Waals surface area contributed by atoms with Crippen LogP contribution in [-0.4, -0.2) is 56.7 Å². The molecule has 180 valence electrons. The quantitative estimate of drug-likeness (QED) is 0.583. The summed E-state index contributed by atoms with van der Waals surface area (Å²) in [6, 6.07) is 9.15. The van der Waals surface area contributed by atoms with E-state index in [1.165, 1.54) is 5.69 Å². The third-order valence-corrected chi connectivity index (χ3v) is 7.48. The zero-order valence-electron chi connectivity index (χ0n) is 20.1. The van der Waals surface area contributed by atoms with Gasteiger partial charge in [0.15, 0.2) is 5.82 Å². The number of aryl methyl sites for hydroxylation is 1. The van der Waals surface area contributed by atoms with E-state index in [0.29, 0.717) is 32.7 Å². The van der Waals surface area contributed by atoms with E-state index in [2.05, 4.69) is 38.9 Å². The van der Waals surface area contributed by atoms with E-state index in [-0.39, 0.29) is 17.9 Å². The van der Waals surface area contributed by atoms with Gasteiger partial charge < -0.3 is 14.5 Å². The number of hydrogen-bond acceptors (Lipinski definition) is 6. The number of anilines is 2. The van der Waals surface area contributed by atoms with E-state index in [1.54, 1.807) is 11.6 Å². The van der Waals surface area contributed by atoms with Crippen molar-refractivity contribution in [3.8, 4) is 17.2 Å². The number of benzene rings is 1. The number of carbonyl (C=O) groups excluding carboxylic acids is 1. The minimum Gasteiger partial charge on any atom is -0.379 e. The highest BCUT2D eigenvalue weighted by atomic mass is 16.5. The lowest BCUT2D eigenvalue weighted by Gasteiger charge is -2.34. The molecule has 3 aromatic rings. The summed E-state index contributed by atoms with van der Waals surface area (Å²) in [5.41, 5.74) is 6.66. The second-order valence-corrected chi connectivity index (χ2v) is 9.79. The average molecular weight is 472 g/mol. The van der Waals surface area contributed by atoms with Crippen molar-refractivity contribution >= 4 is 17.4 Å². The molecule has 2 aromatic heterocycles. The first-order valence-corrected chi connectivity index (χ1v) is 12.2. The second kappa shape index (κ2) is 8.54. The van der Waals surface area contributed by atoms with E-state index in [1.807, 2.05) is 24.3 Å². The maximum Gasteiger partial charge on any atom is 0.219 e. The number of carbonyl (C=O) groups is 1. The van der Waals surface area contributed by atoms with Gasteiger partial charge in [0.25, 0.3) is 0 Å². The van der Waals surface area contributed by atoms with Gasteiger partial charge in [-0.15, -0.1) is 0 Å². The molecule has 2 atom stereocenters. The zero-order valence-corrected chi connectivity index (χ0v) is 20.1. The van der Waals surface area contributed by atoms with E-state index >= 15 is 0 Å². The van der Waals surface area contributed by atoms with Crippen LogP contribution >= 0.6 is 0 Å². The summed E-state index contributed by atoms with van der Waals surface area (Å²) < 4.78 is 9.62. The van der Waals surface area contributed by atoms with Crippen LogP contribution in [0, 0.1) is 17.2 Å². The van der Waals surface area contributed by atoms with Gasteiger partial charge in [-0.1, -0.05) is 6.07 Å².